The van der Waals surface area contributed by atoms with Crippen molar-refractivity contribution in [3.63, 3.8) is 0 Å². The molecule has 1 atom stereocenters. The molecule has 2 heterocycles. The summed E-state index contributed by atoms with van der Waals surface area (Å²) in [5.74, 6) is 0.288. The molecule has 0 bridgehead atoms. The second kappa shape index (κ2) is 7.76. The van der Waals surface area contributed by atoms with Crippen LogP contribution >= 0.6 is 0 Å². The number of nitrogens with zero attached hydrogens (tertiary/aromatic N) is 3. The van der Waals surface area contributed by atoms with Gasteiger partial charge in [-0.25, -0.2) is 0 Å². The molecule has 2 aromatic rings. The average molecular weight is 377 g/mol. The van der Waals surface area contributed by atoms with E-state index in [4.69, 9.17) is 0 Å². The van der Waals surface area contributed by atoms with Crippen LogP contribution in [0.4, 0.5) is 11.4 Å². The third-order valence-electron chi connectivity index (χ3n) is 6.01. The van der Waals surface area contributed by atoms with Gasteiger partial charge in [-0.2, -0.15) is 0 Å². The van der Waals surface area contributed by atoms with Gasteiger partial charge >= 0.3 is 0 Å². The van der Waals surface area contributed by atoms with Gasteiger partial charge in [0.15, 0.2) is 5.78 Å². The summed E-state index contributed by atoms with van der Waals surface area (Å²) in [6.45, 7) is 7.88. The van der Waals surface area contributed by atoms with Gasteiger partial charge in [-0.05, 0) is 56.2 Å². The van der Waals surface area contributed by atoms with Gasteiger partial charge in [0, 0.05) is 49.7 Å². The normalized spacial score (nSPS) is 18.1. The van der Waals surface area contributed by atoms with Gasteiger partial charge in [0.1, 0.15) is 0 Å². The zero-order valence-electron chi connectivity index (χ0n) is 16.6. The maximum Gasteiger partial charge on any atom is 0.244 e. The fraction of sp³-hybridized carbons (Fsp3) is 0.391. The van der Waals surface area contributed by atoms with E-state index in [0.29, 0.717) is 0 Å². The molecule has 1 saturated heterocycles. The maximum absolute atomic E-state index is 13.1. The Morgan fingerprint density at radius 1 is 0.893 bits per heavy atom. The number of benzene rings is 2. The third kappa shape index (κ3) is 3.54. The number of piperazine rings is 1. The summed E-state index contributed by atoms with van der Waals surface area (Å²) in [6, 6.07) is 15.9. The number of fused-ring (bicyclic) bond motifs is 1. The molecule has 2 aliphatic rings. The van der Waals surface area contributed by atoms with Crippen LogP contribution < -0.4 is 9.80 Å². The number of para-hydroxylation sites is 1. The summed E-state index contributed by atoms with van der Waals surface area (Å²) < 4.78 is 0. The van der Waals surface area contributed by atoms with Crippen LogP contribution in [0.5, 0.6) is 0 Å². The van der Waals surface area contributed by atoms with Gasteiger partial charge in [-0.15, -0.1) is 0 Å². The Balaban J connectivity index is 1.37. The first-order valence-corrected chi connectivity index (χ1v) is 10.0. The van der Waals surface area contributed by atoms with E-state index in [1.54, 1.807) is 6.92 Å². The molecule has 28 heavy (non-hydrogen) atoms. The number of hydrogen-bond donors (Lipinski definition) is 0. The minimum absolute atomic E-state index is 0.0900. The van der Waals surface area contributed by atoms with E-state index in [1.165, 1.54) is 5.56 Å². The highest BCUT2D eigenvalue weighted by Gasteiger charge is 2.32. The molecule has 5 nitrogen and oxygen atoms in total. The lowest BCUT2D eigenvalue weighted by Gasteiger charge is -2.39. The molecule has 2 aliphatic heterocycles. The fourth-order valence-corrected chi connectivity index (χ4v) is 4.22. The van der Waals surface area contributed by atoms with E-state index in [9.17, 15) is 9.59 Å². The molecule has 0 aliphatic carbocycles. The van der Waals surface area contributed by atoms with E-state index < -0.39 is 0 Å². The van der Waals surface area contributed by atoms with Gasteiger partial charge in [0.05, 0.1) is 6.04 Å². The summed E-state index contributed by atoms with van der Waals surface area (Å²) in [5.41, 5.74) is 4.22. The minimum Gasteiger partial charge on any atom is -0.369 e. The molecule has 2 aromatic carbocycles. The van der Waals surface area contributed by atoms with E-state index in [-0.39, 0.29) is 17.7 Å². The third-order valence-corrected chi connectivity index (χ3v) is 6.01. The highest BCUT2D eigenvalue weighted by molar-refractivity contribution is 5.98. The Morgan fingerprint density at radius 3 is 2.25 bits per heavy atom. The van der Waals surface area contributed by atoms with Crippen molar-refractivity contribution in [1.82, 2.24) is 4.90 Å². The van der Waals surface area contributed by atoms with Crippen molar-refractivity contribution in [2.75, 3.05) is 42.5 Å². The molecule has 0 spiro atoms. The van der Waals surface area contributed by atoms with Crippen LogP contribution in [0.1, 0.15) is 29.8 Å². The van der Waals surface area contributed by atoms with E-state index in [0.717, 1.165) is 56.1 Å². The van der Waals surface area contributed by atoms with Crippen molar-refractivity contribution in [3.05, 3.63) is 59.7 Å². The zero-order chi connectivity index (χ0) is 19.7. The van der Waals surface area contributed by atoms with Crippen LogP contribution in [0.25, 0.3) is 0 Å². The molecule has 1 amide bonds. The maximum atomic E-state index is 13.1. The van der Waals surface area contributed by atoms with Crippen molar-refractivity contribution < 1.29 is 9.59 Å². The number of carbonyl (C=O) groups excluding carboxylic acids is 2. The first kappa shape index (κ1) is 18.7. The average Bonchev–Trinajstić information content (AvgIpc) is 3.17. The molecule has 0 radical (unpaired) electrons. The Kier molecular flexibility index (Phi) is 5.18. The molecular weight excluding hydrogens is 350 g/mol. The van der Waals surface area contributed by atoms with E-state index in [2.05, 4.69) is 21.9 Å². The summed E-state index contributed by atoms with van der Waals surface area (Å²) in [4.78, 5) is 31.1. The Bertz CT molecular complexity index is 870. The van der Waals surface area contributed by atoms with Gasteiger partial charge < -0.3 is 9.80 Å². The second-order valence-electron chi connectivity index (χ2n) is 7.67. The summed E-state index contributed by atoms with van der Waals surface area (Å²) in [7, 11) is 0. The predicted octanol–water partition coefficient (Wildman–Crippen LogP) is 2.99. The van der Waals surface area contributed by atoms with Gasteiger partial charge in [-0.3, -0.25) is 14.5 Å². The molecular formula is C23H27N3O2. The van der Waals surface area contributed by atoms with Crippen molar-refractivity contribution in [3.8, 4) is 0 Å². The topological polar surface area (TPSA) is 43.9 Å². The molecule has 1 fully saturated rings. The highest BCUT2D eigenvalue weighted by Crippen LogP contribution is 2.28. The molecule has 0 unspecified atom stereocenters. The summed E-state index contributed by atoms with van der Waals surface area (Å²) in [5, 5.41) is 0. The zero-order valence-corrected chi connectivity index (χ0v) is 16.6. The highest BCUT2D eigenvalue weighted by atomic mass is 16.2. The largest absolute Gasteiger partial charge is 0.369 e. The van der Waals surface area contributed by atoms with E-state index in [1.807, 2.05) is 48.2 Å². The van der Waals surface area contributed by atoms with Crippen LogP contribution in [-0.4, -0.2) is 55.4 Å². The van der Waals surface area contributed by atoms with Crippen LogP contribution in [0.15, 0.2) is 48.5 Å². The van der Waals surface area contributed by atoms with Crippen molar-refractivity contribution >= 4 is 23.1 Å². The smallest absolute Gasteiger partial charge is 0.244 e. The second-order valence-corrected chi connectivity index (χ2v) is 7.67. The predicted molar refractivity (Wildman–Crippen MR) is 112 cm³/mol. The van der Waals surface area contributed by atoms with Crippen molar-refractivity contribution in [2.45, 2.75) is 26.3 Å². The fourth-order valence-electron chi connectivity index (χ4n) is 4.22. The number of anilines is 2. The molecule has 0 saturated carbocycles. The van der Waals surface area contributed by atoms with Crippen LogP contribution in [-0.2, 0) is 11.2 Å². The molecule has 5 heteroatoms. The molecule has 0 aromatic heterocycles. The first-order chi connectivity index (χ1) is 13.5. The monoisotopic (exact) mass is 377 g/mol. The molecule has 146 valence electrons. The van der Waals surface area contributed by atoms with Crippen molar-refractivity contribution in [2.24, 2.45) is 0 Å². The standard InChI is InChI=1S/C23H27N3O2/c1-17(23(28)26-12-11-20-5-3-4-6-22(20)26)24-13-15-25(16-14-24)21-9-7-19(8-10-21)18(2)27/h3-10,17H,11-16H2,1-2H3/t17-/m1/s1. The summed E-state index contributed by atoms with van der Waals surface area (Å²) >= 11 is 0. The SMILES string of the molecule is CC(=O)c1ccc(N2CCN([C@H](C)C(=O)N3CCc4ccccc43)CC2)cc1. The number of amides is 1. The lowest BCUT2D eigenvalue weighted by molar-refractivity contribution is -0.123. The Hall–Kier alpha value is -2.66. The van der Waals surface area contributed by atoms with Crippen LogP contribution in [0.3, 0.4) is 0 Å². The number of rotatable bonds is 4. The Morgan fingerprint density at radius 2 is 1.57 bits per heavy atom. The van der Waals surface area contributed by atoms with Crippen LogP contribution in [0, 0.1) is 0 Å². The first-order valence-electron chi connectivity index (χ1n) is 10.0. The lowest BCUT2D eigenvalue weighted by Crippen LogP contribution is -2.54. The number of carbonyl (C=O) groups is 2. The number of ketones is 1. The van der Waals surface area contributed by atoms with Crippen molar-refractivity contribution in [1.29, 1.82) is 0 Å². The van der Waals surface area contributed by atoms with Gasteiger partial charge in [-0.1, -0.05) is 18.2 Å². The van der Waals surface area contributed by atoms with Gasteiger partial charge in [0.2, 0.25) is 5.91 Å². The Labute approximate surface area is 166 Å². The number of hydrogen-bond acceptors (Lipinski definition) is 4. The lowest BCUT2D eigenvalue weighted by atomic mass is 10.1. The van der Waals surface area contributed by atoms with E-state index >= 15 is 0 Å². The minimum atomic E-state index is -0.117. The molecule has 4 rings (SSSR count). The summed E-state index contributed by atoms with van der Waals surface area (Å²) in [6.07, 6.45) is 0.943. The number of Topliss-reactive ketones (excluding diaryl/α,β-unsaturated/α-hetero) is 1. The van der Waals surface area contributed by atoms with Gasteiger partial charge in [0.25, 0.3) is 0 Å². The quantitative estimate of drug-likeness (QED) is 0.769. The molecule has 0 N–H and O–H groups in total. The van der Waals surface area contributed by atoms with Crippen LogP contribution in [0.2, 0.25) is 0 Å².